The summed E-state index contributed by atoms with van der Waals surface area (Å²) in [5.74, 6) is -2.26. The summed E-state index contributed by atoms with van der Waals surface area (Å²) < 4.78 is 135. The van der Waals surface area contributed by atoms with Crippen LogP contribution in [0.15, 0.2) is 164 Å². The molecule has 0 atom stereocenters. The Morgan fingerprint density at radius 3 is 1.25 bits per heavy atom. The van der Waals surface area contributed by atoms with Gasteiger partial charge in [0.2, 0.25) is 20.0 Å². The molecule has 4 heterocycles. The number of hydrogen-bond donors (Lipinski definition) is 2. The first-order valence-electron chi connectivity index (χ1n) is 22.0. The Balaban J connectivity index is 1.04. The van der Waals surface area contributed by atoms with Crippen LogP contribution < -0.4 is 30.1 Å². The van der Waals surface area contributed by atoms with Gasteiger partial charge in [-0.2, -0.15) is 46.6 Å². The van der Waals surface area contributed by atoms with Crippen LogP contribution >= 0.6 is 0 Å². The first-order chi connectivity index (χ1) is 33.1. The van der Waals surface area contributed by atoms with Crippen LogP contribution in [0.5, 0.6) is 0 Å². The van der Waals surface area contributed by atoms with Crippen molar-refractivity contribution in [3.63, 3.8) is 0 Å². The number of benzene rings is 4. The number of carbonyl (C=O) groups excluding carboxylic acids is 2. The molecule has 0 aliphatic carbocycles. The van der Waals surface area contributed by atoms with Crippen LogP contribution in [0.1, 0.15) is 58.1 Å². The number of nitrogens with two attached hydrogens (primary N) is 2. The van der Waals surface area contributed by atoms with Gasteiger partial charge in [0.1, 0.15) is 0 Å². The minimum atomic E-state index is -5.06. The minimum absolute atomic E-state index is 0.232. The van der Waals surface area contributed by atoms with Crippen molar-refractivity contribution in [1.82, 2.24) is 0 Å². The first kappa shape index (κ1) is 50.5. The Hall–Kier alpha value is -6.88. The van der Waals surface area contributed by atoms with E-state index in [2.05, 4.69) is 10.2 Å². The predicted molar refractivity (Wildman–Crippen MR) is 257 cm³/mol. The number of nitrogens with zero attached hydrogens (tertiary/aromatic N) is 6. The van der Waals surface area contributed by atoms with E-state index in [1.54, 1.807) is 0 Å². The van der Waals surface area contributed by atoms with Gasteiger partial charge in [-0.15, -0.1) is 0 Å². The average Bonchev–Trinajstić information content (AvgIpc) is 3.95. The fourth-order valence-electron chi connectivity index (χ4n) is 9.29. The second-order valence-electron chi connectivity index (χ2n) is 18.1. The highest BCUT2D eigenvalue weighted by Crippen LogP contribution is 2.50. The molecule has 0 bridgehead atoms. The van der Waals surface area contributed by atoms with E-state index in [1.807, 2.05) is 86.0 Å². The maximum Gasteiger partial charge on any atom is 0.435 e. The lowest BCUT2D eigenvalue weighted by Crippen LogP contribution is -2.29. The molecule has 0 aromatic heterocycles. The van der Waals surface area contributed by atoms with Crippen molar-refractivity contribution in [2.75, 3.05) is 32.9 Å². The molecule has 4 N–H and O–H groups in total. The van der Waals surface area contributed by atoms with Gasteiger partial charge in [-0.3, -0.25) is 9.59 Å². The van der Waals surface area contributed by atoms with E-state index in [0.717, 1.165) is 58.9 Å². The standard InChI is InChI=1S/C49H46F6N8O6S2/c1-46(2)36-18-6-8-20-38(36)60(40(46)24-22-34-42(48(50,51)52)58-62(44(34)64)30-14-12-16-32(28-30)70(56,66)67)26-10-5-11-27-61-39-21-9-7-19-37(39)47(3,4)41(61)25-23-35-43(49(53,54)55)59-63(45(35)65)31-15-13-17-33(29-31)71(57,68)69/h6-9,12-25,28-29H,5,10-11,26-27H2,1-4H3,(H2,56,66,67)(H2,57,68,69)/b34-22-,35-23-,40-24+,41-25+. The molecule has 0 saturated carbocycles. The molecule has 0 spiro atoms. The van der Waals surface area contributed by atoms with Gasteiger partial charge in [-0.05, 0) is 103 Å². The molecule has 14 nitrogen and oxygen atoms in total. The van der Waals surface area contributed by atoms with Crippen LogP contribution in [-0.2, 0) is 40.5 Å². The number of allylic oxidation sites excluding steroid dienone is 6. The molecule has 4 aromatic rings. The third-order valence-corrected chi connectivity index (χ3v) is 14.6. The fourth-order valence-corrected chi connectivity index (χ4v) is 10.4. The smallest absolute Gasteiger partial charge is 0.344 e. The number of para-hydroxylation sites is 2. The molecule has 4 aliphatic heterocycles. The Kier molecular flexibility index (Phi) is 12.8. The summed E-state index contributed by atoms with van der Waals surface area (Å²) in [6, 6.07) is 24.1. The van der Waals surface area contributed by atoms with Crippen molar-refractivity contribution in [3.8, 4) is 0 Å². The second-order valence-corrected chi connectivity index (χ2v) is 21.2. The van der Waals surface area contributed by atoms with Crippen LogP contribution in [0.4, 0.5) is 49.1 Å². The van der Waals surface area contributed by atoms with Crippen molar-refractivity contribution < 1.29 is 52.8 Å². The zero-order valence-corrected chi connectivity index (χ0v) is 40.1. The van der Waals surface area contributed by atoms with Crippen LogP contribution in [0.3, 0.4) is 0 Å². The molecule has 4 aromatic carbocycles. The summed E-state index contributed by atoms with van der Waals surface area (Å²) in [5, 5.41) is 18.6. The molecule has 22 heteroatoms. The highest BCUT2D eigenvalue weighted by atomic mass is 32.2. The molecule has 0 saturated heterocycles. The number of fused-ring (bicyclic) bond motifs is 2. The minimum Gasteiger partial charge on any atom is -0.344 e. The largest absolute Gasteiger partial charge is 0.435 e. The quantitative estimate of drug-likeness (QED) is 0.0801. The number of sulfonamides is 2. The van der Waals surface area contributed by atoms with Crippen molar-refractivity contribution in [2.45, 2.75) is 79.9 Å². The molecule has 8 rings (SSSR count). The Labute approximate surface area is 405 Å². The van der Waals surface area contributed by atoms with E-state index < -0.39 is 87.4 Å². The number of rotatable bonds is 12. The molecule has 0 unspecified atom stereocenters. The van der Waals surface area contributed by atoms with Crippen LogP contribution in [0, 0.1) is 0 Å². The van der Waals surface area contributed by atoms with E-state index in [-0.39, 0.29) is 11.4 Å². The zero-order chi connectivity index (χ0) is 51.6. The second kappa shape index (κ2) is 18.1. The van der Waals surface area contributed by atoms with Crippen LogP contribution in [-0.4, -0.2) is 65.5 Å². The van der Waals surface area contributed by atoms with Crippen molar-refractivity contribution >= 4 is 66.0 Å². The van der Waals surface area contributed by atoms with Crippen LogP contribution in [0.2, 0.25) is 0 Å². The fraction of sp³-hybridized carbons (Fsp3) is 0.265. The number of halogens is 6. The summed E-state index contributed by atoms with van der Waals surface area (Å²) in [6.45, 7) is 8.48. The summed E-state index contributed by atoms with van der Waals surface area (Å²) in [5.41, 5.74) is -1.75. The Morgan fingerprint density at radius 1 is 0.535 bits per heavy atom. The molecular weight excluding hydrogens is 975 g/mol. The van der Waals surface area contributed by atoms with Gasteiger partial charge in [-0.25, -0.2) is 27.1 Å². The number of hydrogen-bond acceptors (Lipinski definition) is 10. The maximum absolute atomic E-state index is 14.5. The molecule has 0 fully saturated rings. The highest BCUT2D eigenvalue weighted by Gasteiger charge is 2.49. The molecule has 71 heavy (non-hydrogen) atoms. The Bertz CT molecular complexity index is 3090. The van der Waals surface area contributed by atoms with E-state index in [0.29, 0.717) is 53.8 Å². The maximum atomic E-state index is 14.5. The number of alkyl halides is 6. The van der Waals surface area contributed by atoms with Gasteiger partial charge in [0.15, 0.2) is 11.4 Å². The summed E-state index contributed by atoms with van der Waals surface area (Å²) in [7, 11) is -8.52. The number of primary sulfonamides is 2. The van der Waals surface area contributed by atoms with Gasteiger partial charge in [-0.1, -0.05) is 76.2 Å². The lowest BCUT2D eigenvalue weighted by atomic mass is 9.83. The third kappa shape index (κ3) is 9.55. The molecular formula is C49H46F6N8O6S2. The van der Waals surface area contributed by atoms with Gasteiger partial charge in [0, 0.05) is 46.7 Å². The van der Waals surface area contributed by atoms with E-state index >= 15 is 0 Å². The zero-order valence-electron chi connectivity index (χ0n) is 38.5. The lowest BCUT2D eigenvalue weighted by molar-refractivity contribution is -0.115. The molecule has 2 amide bonds. The number of amides is 2. The van der Waals surface area contributed by atoms with Gasteiger partial charge in [0.05, 0.1) is 32.3 Å². The van der Waals surface area contributed by atoms with Gasteiger partial charge in [0.25, 0.3) is 11.8 Å². The van der Waals surface area contributed by atoms with E-state index in [9.17, 15) is 52.8 Å². The summed E-state index contributed by atoms with van der Waals surface area (Å²) >= 11 is 0. The predicted octanol–water partition coefficient (Wildman–Crippen LogP) is 8.60. The van der Waals surface area contributed by atoms with Crippen molar-refractivity contribution in [1.29, 1.82) is 0 Å². The average molecular weight is 1020 g/mol. The molecule has 4 aliphatic rings. The monoisotopic (exact) mass is 1020 g/mol. The lowest BCUT2D eigenvalue weighted by Gasteiger charge is -2.28. The normalized spacial score (nSPS) is 20.2. The van der Waals surface area contributed by atoms with Gasteiger partial charge < -0.3 is 9.80 Å². The summed E-state index contributed by atoms with van der Waals surface area (Å²) in [4.78, 5) is 30.5. The van der Waals surface area contributed by atoms with E-state index in [1.165, 1.54) is 36.4 Å². The molecule has 0 radical (unpaired) electrons. The summed E-state index contributed by atoms with van der Waals surface area (Å²) in [6.07, 6.45) is -3.25. The third-order valence-electron chi connectivity index (χ3n) is 12.8. The van der Waals surface area contributed by atoms with E-state index in [4.69, 9.17) is 10.3 Å². The molecule has 372 valence electrons. The topological polar surface area (TPSA) is 192 Å². The van der Waals surface area contributed by atoms with Gasteiger partial charge >= 0.3 is 12.4 Å². The number of carbonyl (C=O) groups is 2. The Morgan fingerprint density at radius 2 is 0.901 bits per heavy atom. The number of anilines is 4. The van der Waals surface area contributed by atoms with Crippen LogP contribution in [0.25, 0.3) is 0 Å². The number of hydrazone groups is 2. The first-order valence-corrected chi connectivity index (χ1v) is 25.1. The SMILES string of the molecule is CC1(C)/C(=C\C=C2/C(=O)N(c3cccc(S(N)(=O)=O)c3)N=C2C(F)(F)F)N(CCCCCN2/C(=C/C=C3\C(=O)N(c4cccc(S(N)(=O)=O)c4)N=C3C(F)(F)F)C(C)(C)c3ccccc32)c2ccccc21. The van der Waals surface area contributed by atoms with Crippen molar-refractivity contribution in [3.05, 3.63) is 155 Å². The highest BCUT2D eigenvalue weighted by molar-refractivity contribution is 7.89. The number of unbranched alkanes of at least 4 members (excludes halogenated alkanes) is 2. The van der Waals surface area contributed by atoms with Crippen molar-refractivity contribution in [2.24, 2.45) is 20.5 Å².